The highest BCUT2D eigenvalue weighted by Gasteiger charge is 2.84. The quantitative estimate of drug-likeness (QED) is 0.212. The summed E-state index contributed by atoms with van der Waals surface area (Å²) in [7, 11) is 0. The van der Waals surface area contributed by atoms with Gasteiger partial charge in [-0.15, -0.1) is 0 Å². The predicted octanol–water partition coefficient (Wildman–Crippen LogP) is 3.99. The maximum Gasteiger partial charge on any atom is 0.338 e. The number of epoxide rings is 1. The molecular formula is C33H40O10. The molecule has 1 aromatic rings. The summed E-state index contributed by atoms with van der Waals surface area (Å²) in [4.78, 5) is 65.0. The second-order valence-corrected chi connectivity index (χ2v) is 13.2. The second kappa shape index (κ2) is 10.6. The van der Waals surface area contributed by atoms with Crippen LogP contribution in [0.15, 0.2) is 42.0 Å². The van der Waals surface area contributed by atoms with Crippen molar-refractivity contribution in [1.82, 2.24) is 0 Å². The van der Waals surface area contributed by atoms with E-state index in [0.29, 0.717) is 11.1 Å². The molecule has 0 amide bonds. The average molecular weight is 597 g/mol. The Kier molecular flexibility index (Phi) is 7.60. The Balaban J connectivity index is 1.66. The van der Waals surface area contributed by atoms with Gasteiger partial charge in [-0.1, -0.05) is 45.9 Å². The molecule has 2 saturated carbocycles. The molecule has 1 aromatic carbocycles. The number of carbonyl (C=O) groups excluding carboxylic acids is 5. The van der Waals surface area contributed by atoms with E-state index in [-0.39, 0.29) is 18.1 Å². The van der Waals surface area contributed by atoms with Gasteiger partial charge < -0.3 is 23.7 Å². The molecule has 4 aliphatic rings. The summed E-state index contributed by atoms with van der Waals surface area (Å²) in [5.41, 5.74) is -2.42. The molecule has 0 aromatic heterocycles. The third kappa shape index (κ3) is 4.97. The molecule has 0 N–H and O–H groups in total. The van der Waals surface area contributed by atoms with Crippen molar-refractivity contribution >= 4 is 29.7 Å². The molecule has 10 atom stereocenters. The van der Waals surface area contributed by atoms with E-state index in [1.807, 2.05) is 20.8 Å². The van der Waals surface area contributed by atoms with Crippen LogP contribution in [0, 0.1) is 29.1 Å². The van der Waals surface area contributed by atoms with E-state index in [9.17, 15) is 24.0 Å². The molecule has 0 spiro atoms. The molecule has 5 rings (SSSR count). The van der Waals surface area contributed by atoms with Gasteiger partial charge in [0.25, 0.3) is 0 Å². The zero-order valence-electron chi connectivity index (χ0n) is 25.9. The van der Waals surface area contributed by atoms with E-state index in [0.717, 1.165) is 0 Å². The number of carbonyl (C=O) groups is 5. The van der Waals surface area contributed by atoms with Crippen molar-refractivity contribution < 1.29 is 47.7 Å². The van der Waals surface area contributed by atoms with E-state index in [1.54, 1.807) is 50.3 Å². The van der Waals surface area contributed by atoms with Gasteiger partial charge in [0.1, 0.15) is 18.3 Å². The lowest BCUT2D eigenvalue weighted by Gasteiger charge is -2.30. The van der Waals surface area contributed by atoms with Crippen molar-refractivity contribution in [1.29, 1.82) is 0 Å². The first-order valence-corrected chi connectivity index (χ1v) is 14.8. The lowest BCUT2D eigenvalue weighted by Crippen LogP contribution is -2.43. The smallest absolute Gasteiger partial charge is 0.338 e. The second-order valence-electron chi connectivity index (χ2n) is 13.2. The molecule has 0 radical (unpaired) electrons. The minimum atomic E-state index is -1.36. The fourth-order valence-electron chi connectivity index (χ4n) is 7.97. The van der Waals surface area contributed by atoms with Crippen molar-refractivity contribution in [3.8, 4) is 0 Å². The maximum absolute atomic E-state index is 14.5. The van der Waals surface area contributed by atoms with E-state index in [2.05, 4.69) is 0 Å². The van der Waals surface area contributed by atoms with Crippen LogP contribution < -0.4 is 0 Å². The standard InChI is InChI=1S/C33H40O10/c1-16-14-33-29(42-30(38)22-12-10-9-11-13-22)17(2)15-32(33,43-33)28(37)18(3)26(40-20(5)35)23-24(31(23,7)8)27(41-21(6)36)25(16)39-19(4)34/h9-14,17-18,23-27,29H,15H2,1-8H3/b16-14-/t17-,18+,23-,24+,25+,26-,27-,29-,32-,33-/m0/s1. The van der Waals surface area contributed by atoms with Crippen molar-refractivity contribution in [2.24, 2.45) is 29.1 Å². The van der Waals surface area contributed by atoms with Crippen LogP contribution in [0.4, 0.5) is 0 Å². The van der Waals surface area contributed by atoms with Crippen LogP contribution >= 0.6 is 0 Å². The van der Waals surface area contributed by atoms with Gasteiger partial charge in [-0.3, -0.25) is 19.2 Å². The van der Waals surface area contributed by atoms with Gasteiger partial charge >= 0.3 is 23.9 Å². The predicted molar refractivity (Wildman–Crippen MR) is 151 cm³/mol. The Labute approximate surface area is 251 Å². The van der Waals surface area contributed by atoms with Crippen molar-refractivity contribution in [3.05, 3.63) is 47.5 Å². The van der Waals surface area contributed by atoms with Gasteiger partial charge in [0.05, 0.1) is 11.5 Å². The number of ketones is 1. The van der Waals surface area contributed by atoms with Gasteiger partial charge in [-0.2, -0.15) is 0 Å². The SMILES string of the molecule is CC(=O)O[C@@H]1[C@@H]2[C@H]([C@H](OC(C)=O)[C@H](OC(C)=O)/C(C)=C\[C@@]34O[C@@]3(C[C@H](C)[C@@H]4OC(=O)c3ccccc3)C(=O)[C@@H]1C)C2(C)C. The van der Waals surface area contributed by atoms with E-state index in [1.165, 1.54) is 20.8 Å². The Hall–Kier alpha value is -3.53. The largest absolute Gasteiger partial charge is 0.461 e. The minimum Gasteiger partial charge on any atom is -0.461 e. The molecule has 3 aliphatic carbocycles. The molecule has 10 nitrogen and oxygen atoms in total. The summed E-state index contributed by atoms with van der Waals surface area (Å²) in [5.74, 6) is -4.40. The zero-order valence-corrected chi connectivity index (χ0v) is 25.9. The topological polar surface area (TPSA) is 135 Å². The summed E-state index contributed by atoms with van der Waals surface area (Å²) in [5, 5.41) is 0. The summed E-state index contributed by atoms with van der Waals surface area (Å²) in [6.45, 7) is 13.1. The molecule has 1 aliphatic heterocycles. The molecule has 10 heteroatoms. The van der Waals surface area contributed by atoms with Gasteiger partial charge in [-0.05, 0) is 48.5 Å². The number of Topliss-reactive ketones (excluding diaryl/α,β-unsaturated/α-hetero) is 1. The molecule has 232 valence electrons. The molecule has 3 fully saturated rings. The first kappa shape index (κ1) is 30.9. The minimum absolute atomic E-state index is 0.260. The van der Waals surface area contributed by atoms with E-state index < -0.39 is 82.7 Å². The number of rotatable bonds is 5. The lowest BCUT2D eigenvalue weighted by molar-refractivity contribution is -0.166. The van der Waals surface area contributed by atoms with E-state index >= 15 is 0 Å². The van der Waals surface area contributed by atoms with Gasteiger partial charge in [-0.25, -0.2) is 4.79 Å². The Bertz CT molecular complexity index is 1380. The first-order valence-electron chi connectivity index (χ1n) is 14.8. The third-order valence-corrected chi connectivity index (χ3v) is 9.82. The van der Waals surface area contributed by atoms with Crippen molar-refractivity contribution in [3.63, 3.8) is 0 Å². The summed E-state index contributed by atoms with van der Waals surface area (Å²) in [6, 6.07) is 8.54. The molecule has 1 saturated heterocycles. The highest BCUT2D eigenvalue weighted by molar-refractivity contribution is 5.96. The van der Waals surface area contributed by atoms with Gasteiger partial charge in [0.15, 0.2) is 23.1 Å². The molecule has 0 unspecified atom stereocenters. The van der Waals surface area contributed by atoms with Crippen LogP contribution in [0.1, 0.15) is 72.2 Å². The van der Waals surface area contributed by atoms with Crippen LogP contribution in [-0.4, -0.2) is 65.3 Å². The number of hydrogen-bond acceptors (Lipinski definition) is 10. The van der Waals surface area contributed by atoms with Gasteiger partial charge in [0.2, 0.25) is 0 Å². The molecular weight excluding hydrogens is 556 g/mol. The zero-order chi connectivity index (χ0) is 31.6. The Morgan fingerprint density at radius 2 is 1.40 bits per heavy atom. The van der Waals surface area contributed by atoms with Crippen molar-refractivity contribution in [2.45, 2.75) is 97.4 Å². The molecule has 1 heterocycles. The number of hydrogen-bond donors (Lipinski definition) is 0. The highest BCUT2D eigenvalue weighted by atomic mass is 16.7. The van der Waals surface area contributed by atoms with Gasteiger partial charge in [0, 0.05) is 32.6 Å². The average Bonchev–Trinajstić information content (AvgIpc) is 3.71. The van der Waals surface area contributed by atoms with Crippen LogP contribution in [0.5, 0.6) is 0 Å². The number of esters is 4. The summed E-state index contributed by atoms with van der Waals surface area (Å²) in [6.07, 6.45) is -1.71. The third-order valence-electron chi connectivity index (χ3n) is 9.82. The fraction of sp³-hybridized carbons (Fsp3) is 0.606. The fourth-order valence-corrected chi connectivity index (χ4v) is 7.97. The van der Waals surface area contributed by atoms with Crippen LogP contribution in [0.2, 0.25) is 0 Å². The Morgan fingerprint density at radius 1 is 0.837 bits per heavy atom. The summed E-state index contributed by atoms with van der Waals surface area (Å²) < 4.78 is 30.0. The number of fused-ring (bicyclic) bond motifs is 1. The Morgan fingerprint density at radius 3 is 1.98 bits per heavy atom. The van der Waals surface area contributed by atoms with Crippen LogP contribution in [-0.2, 0) is 42.9 Å². The molecule has 43 heavy (non-hydrogen) atoms. The van der Waals surface area contributed by atoms with Crippen LogP contribution in [0.25, 0.3) is 0 Å². The first-order chi connectivity index (χ1) is 20.1. The molecule has 0 bridgehead atoms. The maximum atomic E-state index is 14.5. The highest BCUT2D eigenvalue weighted by Crippen LogP contribution is 2.69. The normalized spacial score (nSPS) is 40.2. The van der Waals surface area contributed by atoms with Crippen molar-refractivity contribution in [2.75, 3.05) is 0 Å². The lowest BCUT2D eigenvalue weighted by atomic mass is 9.80. The van der Waals surface area contributed by atoms with Crippen LogP contribution in [0.3, 0.4) is 0 Å². The summed E-state index contributed by atoms with van der Waals surface area (Å²) >= 11 is 0. The number of benzene rings is 1. The van der Waals surface area contributed by atoms with E-state index in [4.69, 9.17) is 23.7 Å². The number of ether oxygens (including phenoxy) is 5. The monoisotopic (exact) mass is 596 g/mol.